The molecule has 0 aliphatic carbocycles. The van der Waals surface area contributed by atoms with Crippen molar-refractivity contribution in [3.05, 3.63) is 47.9 Å². The number of anilines is 2. The van der Waals surface area contributed by atoms with Crippen LogP contribution in [-0.2, 0) is 15.0 Å². The van der Waals surface area contributed by atoms with E-state index in [0.717, 1.165) is 5.56 Å². The third-order valence-corrected chi connectivity index (χ3v) is 7.70. The highest BCUT2D eigenvalue weighted by Gasteiger charge is 2.37. The van der Waals surface area contributed by atoms with Crippen LogP contribution in [0.5, 0.6) is 0 Å². The molecule has 3 heterocycles. The smallest absolute Gasteiger partial charge is 0.294 e. The maximum absolute atomic E-state index is 13.2. The first-order chi connectivity index (χ1) is 15.1. The number of nitrogens with zero attached hydrogens (tertiary/aromatic N) is 4. The van der Waals surface area contributed by atoms with Crippen LogP contribution in [0, 0.1) is 0 Å². The number of carbonyl (C=O) groups is 2. The van der Waals surface area contributed by atoms with Gasteiger partial charge in [-0.25, -0.2) is 0 Å². The molecular weight excluding hydrogens is 434 g/mol. The molecule has 1 fully saturated rings. The van der Waals surface area contributed by atoms with Crippen LogP contribution in [0.4, 0.5) is 11.4 Å². The number of amides is 2. The van der Waals surface area contributed by atoms with E-state index in [1.165, 1.54) is 35.9 Å². The lowest BCUT2D eigenvalue weighted by Gasteiger charge is -2.40. The molecule has 2 aliphatic heterocycles. The quantitative estimate of drug-likeness (QED) is 0.738. The Hall–Kier alpha value is -2.73. The van der Waals surface area contributed by atoms with Gasteiger partial charge in [-0.1, -0.05) is 6.07 Å². The molecule has 32 heavy (non-hydrogen) atoms. The van der Waals surface area contributed by atoms with Crippen molar-refractivity contribution in [2.45, 2.75) is 25.9 Å². The molecule has 2 aliphatic rings. The molecular formula is C21H27N5O5S. The maximum atomic E-state index is 13.2. The summed E-state index contributed by atoms with van der Waals surface area (Å²) in [4.78, 5) is 28.8. The van der Waals surface area contributed by atoms with Crippen LogP contribution in [-0.4, -0.2) is 68.7 Å². The summed E-state index contributed by atoms with van der Waals surface area (Å²) in [6, 6.07) is 8.33. The average molecular weight is 462 g/mol. The zero-order valence-electron chi connectivity index (χ0n) is 18.5. The normalized spacial score (nSPS) is 21.8. The minimum atomic E-state index is -3.54. The molecule has 0 bridgehead atoms. The second-order valence-electron chi connectivity index (χ2n) is 8.22. The molecule has 0 saturated carbocycles. The highest BCUT2D eigenvalue weighted by Crippen LogP contribution is 2.39. The summed E-state index contributed by atoms with van der Waals surface area (Å²) in [5, 5.41) is 3.22. The Labute approximate surface area is 187 Å². The first-order valence-electron chi connectivity index (χ1n) is 10.3. The maximum Gasteiger partial charge on any atom is 0.294 e. The Balaban J connectivity index is 1.71. The molecule has 0 radical (unpaired) electrons. The highest BCUT2D eigenvalue weighted by atomic mass is 32.2. The number of rotatable bonds is 4. The van der Waals surface area contributed by atoms with Gasteiger partial charge in [-0.2, -0.15) is 17.0 Å². The summed E-state index contributed by atoms with van der Waals surface area (Å²) < 4.78 is 32.8. The molecule has 2 aromatic rings. The van der Waals surface area contributed by atoms with Gasteiger partial charge in [0.15, 0.2) is 5.76 Å². The summed E-state index contributed by atoms with van der Waals surface area (Å²) in [6.45, 7) is 4.16. The number of hydrogen-bond acceptors (Lipinski definition) is 6. The fraction of sp³-hybridized carbons (Fsp3) is 0.429. The van der Waals surface area contributed by atoms with Crippen LogP contribution in [0.2, 0.25) is 0 Å². The molecule has 2 atom stereocenters. The van der Waals surface area contributed by atoms with Crippen LogP contribution >= 0.6 is 0 Å². The zero-order valence-corrected chi connectivity index (χ0v) is 19.3. The van der Waals surface area contributed by atoms with Crippen LogP contribution in [0.1, 0.15) is 36.0 Å². The monoisotopic (exact) mass is 461 g/mol. The van der Waals surface area contributed by atoms with Crippen molar-refractivity contribution in [1.82, 2.24) is 13.9 Å². The Morgan fingerprint density at radius 2 is 1.91 bits per heavy atom. The predicted molar refractivity (Wildman–Crippen MR) is 120 cm³/mol. The van der Waals surface area contributed by atoms with Gasteiger partial charge in [0, 0.05) is 40.2 Å². The predicted octanol–water partition coefficient (Wildman–Crippen LogP) is 1.39. The number of furan rings is 1. The van der Waals surface area contributed by atoms with Crippen molar-refractivity contribution in [2.75, 3.05) is 43.7 Å². The molecule has 10 nitrogen and oxygen atoms in total. The fourth-order valence-electron chi connectivity index (χ4n) is 4.24. The summed E-state index contributed by atoms with van der Waals surface area (Å²) in [5.74, 6) is -0.189. The largest absolute Gasteiger partial charge is 0.459 e. The first kappa shape index (κ1) is 22.5. The van der Waals surface area contributed by atoms with E-state index in [2.05, 4.69) is 5.32 Å². The van der Waals surface area contributed by atoms with Gasteiger partial charge < -0.3 is 14.2 Å². The average Bonchev–Trinajstić information content (AvgIpc) is 3.44. The lowest BCUT2D eigenvalue weighted by molar-refractivity contribution is -0.117. The molecule has 2 amide bonds. The molecule has 1 aromatic carbocycles. The third-order valence-electron chi connectivity index (χ3n) is 5.84. The molecule has 4 rings (SSSR count). The number of benzene rings is 1. The van der Waals surface area contributed by atoms with E-state index in [-0.39, 0.29) is 42.9 Å². The lowest BCUT2D eigenvalue weighted by Crippen LogP contribution is -2.51. The third kappa shape index (κ3) is 3.81. The van der Waals surface area contributed by atoms with Crippen LogP contribution in [0.15, 0.2) is 41.0 Å². The topological polar surface area (TPSA) is 106 Å². The van der Waals surface area contributed by atoms with E-state index in [9.17, 15) is 18.0 Å². The summed E-state index contributed by atoms with van der Waals surface area (Å²) in [7, 11) is -0.547. The van der Waals surface area contributed by atoms with Crippen LogP contribution in [0.3, 0.4) is 0 Å². The van der Waals surface area contributed by atoms with Crippen molar-refractivity contribution in [1.29, 1.82) is 0 Å². The highest BCUT2D eigenvalue weighted by molar-refractivity contribution is 7.86. The number of carbonyl (C=O) groups excluding carboxylic acids is 2. The summed E-state index contributed by atoms with van der Waals surface area (Å²) in [6.07, 6.45) is 1.45. The minimum absolute atomic E-state index is 0.112. The van der Waals surface area contributed by atoms with Gasteiger partial charge in [-0.15, -0.1) is 0 Å². The van der Waals surface area contributed by atoms with Gasteiger partial charge >= 0.3 is 0 Å². The van der Waals surface area contributed by atoms with Crippen molar-refractivity contribution in [2.24, 2.45) is 0 Å². The Morgan fingerprint density at radius 3 is 2.53 bits per heavy atom. The second kappa shape index (κ2) is 8.32. The Bertz CT molecular complexity index is 1130. The lowest BCUT2D eigenvalue weighted by atomic mass is 10.0. The number of nitrogens with one attached hydrogen (secondary N) is 1. The molecule has 1 N–H and O–H groups in total. The molecule has 1 saturated heterocycles. The molecule has 172 valence electrons. The van der Waals surface area contributed by atoms with Crippen molar-refractivity contribution in [3.8, 4) is 0 Å². The van der Waals surface area contributed by atoms with E-state index in [1.807, 2.05) is 25.1 Å². The molecule has 1 aromatic heterocycles. The number of hydrogen-bond donors (Lipinski definition) is 1. The summed E-state index contributed by atoms with van der Waals surface area (Å²) in [5.41, 5.74) is 2.05. The molecule has 1 unspecified atom stereocenters. The second-order valence-corrected chi connectivity index (χ2v) is 10.4. The van der Waals surface area contributed by atoms with Gasteiger partial charge in [0.1, 0.15) is 0 Å². The Morgan fingerprint density at radius 1 is 1.16 bits per heavy atom. The van der Waals surface area contributed by atoms with Crippen LogP contribution < -0.4 is 15.1 Å². The standard InChI is InChI=1S/C21H27N5O5S/c1-14-11-25(21(28)20-6-5-9-31-20)19-10-16(7-8-18(19)26(14)15(2)27)17-12-24(13-22-17)32(29,30)23(3)4/h5-10,14,17,22H,11-13H2,1-4H3/t14-,17?/m0/s1. The van der Waals surface area contributed by atoms with E-state index in [0.29, 0.717) is 17.9 Å². The summed E-state index contributed by atoms with van der Waals surface area (Å²) >= 11 is 0. The number of fused-ring (bicyclic) bond motifs is 1. The minimum Gasteiger partial charge on any atom is -0.459 e. The van der Waals surface area contributed by atoms with Gasteiger partial charge in [0.2, 0.25) is 5.91 Å². The van der Waals surface area contributed by atoms with Gasteiger partial charge in [-0.05, 0) is 36.8 Å². The molecule has 11 heteroatoms. The van der Waals surface area contributed by atoms with Crippen LogP contribution in [0.25, 0.3) is 0 Å². The SMILES string of the molecule is CC(=O)N1c2ccc(C3CN(S(=O)(=O)N(C)C)CN3)cc2N(C(=O)c2ccco2)C[C@@H]1C. The van der Waals surface area contributed by atoms with E-state index >= 15 is 0 Å². The van der Waals surface area contributed by atoms with E-state index < -0.39 is 10.2 Å². The van der Waals surface area contributed by atoms with Gasteiger partial charge in [-0.3, -0.25) is 14.9 Å². The van der Waals surface area contributed by atoms with E-state index in [1.54, 1.807) is 21.9 Å². The van der Waals surface area contributed by atoms with E-state index in [4.69, 9.17) is 4.42 Å². The molecule has 0 spiro atoms. The fourth-order valence-corrected chi connectivity index (χ4v) is 5.28. The Kier molecular flexibility index (Phi) is 5.84. The van der Waals surface area contributed by atoms with Gasteiger partial charge in [0.05, 0.1) is 30.3 Å². The first-order valence-corrected chi connectivity index (χ1v) is 11.7. The zero-order chi connectivity index (χ0) is 23.2. The van der Waals surface area contributed by atoms with Crippen molar-refractivity contribution in [3.63, 3.8) is 0 Å². The van der Waals surface area contributed by atoms with Gasteiger partial charge in [0.25, 0.3) is 16.1 Å². The van der Waals surface area contributed by atoms with Crippen molar-refractivity contribution < 1.29 is 22.4 Å². The van der Waals surface area contributed by atoms with Crippen molar-refractivity contribution >= 4 is 33.4 Å².